The first-order valence-electron chi connectivity index (χ1n) is 6.17. The standard InChI is InChI=1S/C15H15BrF2N2/c1-9-2-4-11(16)8-12(9)15(20-19)7-10-3-5-13(17)14(18)6-10/h2-6,8,15,20H,7,19H2,1H3. The second-order valence-corrected chi connectivity index (χ2v) is 5.59. The largest absolute Gasteiger partial charge is 0.271 e. The second kappa shape index (κ2) is 6.43. The Hall–Kier alpha value is -1.30. The lowest BCUT2D eigenvalue weighted by atomic mass is 9.96. The van der Waals surface area contributed by atoms with Gasteiger partial charge in [0.1, 0.15) is 0 Å². The Kier molecular flexibility index (Phi) is 4.86. The van der Waals surface area contributed by atoms with E-state index < -0.39 is 11.6 Å². The van der Waals surface area contributed by atoms with Gasteiger partial charge in [0.05, 0.1) is 6.04 Å². The summed E-state index contributed by atoms with van der Waals surface area (Å²) in [5, 5.41) is 0. The van der Waals surface area contributed by atoms with Crippen LogP contribution in [0.25, 0.3) is 0 Å². The van der Waals surface area contributed by atoms with Gasteiger partial charge in [0.2, 0.25) is 0 Å². The van der Waals surface area contributed by atoms with E-state index in [1.165, 1.54) is 6.07 Å². The van der Waals surface area contributed by atoms with E-state index in [2.05, 4.69) is 21.4 Å². The maximum Gasteiger partial charge on any atom is 0.159 e. The van der Waals surface area contributed by atoms with Crippen LogP contribution in [0.15, 0.2) is 40.9 Å². The van der Waals surface area contributed by atoms with Crippen molar-refractivity contribution in [2.75, 3.05) is 0 Å². The molecule has 3 N–H and O–H groups in total. The maximum absolute atomic E-state index is 13.2. The van der Waals surface area contributed by atoms with E-state index in [0.717, 1.165) is 21.7 Å². The van der Waals surface area contributed by atoms with E-state index in [-0.39, 0.29) is 6.04 Å². The third kappa shape index (κ3) is 3.42. The number of nitrogens with two attached hydrogens (primary N) is 1. The van der Waals surface area contributed by atoms with Gasteiger partial charge in [0.15, 0.2) is 11.6 Å². The van der Waals surface area contributed by atoms with Crippen LogP contribution in [0.3, 0.4) is 0 Å². The fourth-order valence-electron chi connectivity index (χ4n) is 2.15. The van der Waals surface area contributed by atoms with Crippen molar-refractivity contribution in [1.82, 2.24) is 5.43 Å². The topological polar surface area (TPSA) is 38.0 Å². The smallest absolute Gasteiger partial charge is 0.159 e. The van der Waals surface area contributed by atoms with Crippen molar-refractivity contribution in [1.29, 1.82) is 0 Å². The fourth-order valence-corrected chi connectivity index (χ4v) is 2.53. The zero-order valence-electron chi connectivity index (χ0n) is 11.0. The molecule has 0 aliphatic carbocycles. The van der Waals surface area contributed by atoms with Gasteiger partial charge in [0, 0.05) is 4.47 Å². The van der Waals surface area contributed by atoms with Crippen LogP contribution in [-0.2, 0) is 6.42 Å². The molecule has 20 heavy (non-hydrogen) atoms. The maximum atomic E-state index is 13.2. The predicted molar refractivity (Wildman–Crippen MR) is 79.0 cm³/mol. The van der Waals surface area contributed by atoms with Crippen LogP contribution in [0.5, 0.6) is 0 Å². The minimum atomic E-state index is -0.843. The molecule has 0 fully saturated rings. The molecule has 0 aliphatic heterocycles. The predicted octanol–water partition coefficient (Wildman–Crippen LogP) is 3.78. The molecule has 0 heterocycles. The molecule has 0 spiro atoms. The van der Waals surface area contributed by atoms with Crippen molar-refractivity contribution < 1.29 is 8.78 Å². The third-order valence-electron chi connectivity index (χ3n) is 3.24. The highest BCUT2D eigenvalue weighted by molar-refractivity contribution is 9.10. The van der Waals surface area contributed by atoms with Crippen LogP contribution in [0, 0.1) is 18.6 Å². The van der Waals surface area contributed by atoms with Gasteiger partial charge in [-0.15, -0.1) is 0 Å². The molecule has 1 atom stereocenters. The van der Waals surface area contributed by atoms with Crippen molar-refractivity contribution in [2.45, 2.75) is 19.4 Å². The number of hydrogen-bond donors (Lipinski definition) is 2. The molecule has 2 rings (SSSR count). The van der Waals surface area contributed by atoms with E-state index in [1.807, 2.05) is 25.1 Å². The van der Waals surface area contributed by atoms with Crippen LogP contribution in [0.4, 0.5) is 8.78 Å². The molecule has 5 heteroatoms. The third-order valence-corrected chi connectivity index (χ3v) is 3.73. The monoisotopic (exact) mass is 340 g/mol. The molecule has 106 valence electrons. The summed E-state index contributed by atoms with van der Waals surface area (Å²) in [7, 11) is 0. The number of nitrogens with one attached hydrogen (secondary N) is 1. The Balaban J connectivity index is 2.28. The summed E-state index contributed by atoms with van der Waals surface area (Å²) in [6.45, 7) is 1.98. The van der Waals surface area contributed by atoms with Crippen molar-refractivity contribution in [3.63, 3.8) is 0 Å². The number of benzene rings is 2. The van der Waals surface area contributed by atoms with Gasteiger partial charge in [-0.05, 0) is 54.3 Å². The summed E-state index contributed by atoms with van der Waals surface area (Å²) in [6, 6.07) is 9.63. The Morgan fingerprint density at radius 3 is 2.55 bits per heavy atom. The van der Waals surface area contributed by atoms with Gasteiger partial charge in [-0.3, -0.25) is 11.3 Å². The Bertz CT molecular complexity index is 617. The highest BCUT2D eigenvalue weighted by Gasteiger charge is 2.14. The Morgan fingerprint density at radius 2 is 1.90 bits per heavy atom. The van der Waals surface area contributed by atoms with Gasteiger partial charge in [-0.1, -0.05) is 28.1 Å². The highest BCUT2D eigenvalue weighted by Crippen LogP contribution is 2.25. The molecule has 1 unspecified atom stereocenters. The van der Waals surface area contributed by atoms with Crippen molar-refractivity contribution in [3.8, 4) is 0 Å². The normalized spacial score (nSPS) is 12.4. The average Bonchev–Trinajstić information content (AvgIpc) is 2.43. The summed E-state index contributed by atoms with van der Waals surface area (Å²) in [5.74, 6) is 3.92. The molecule has 0 aliphatic rings. The van der Waals surface area contributed by atoms with Gasteiger partial charge in [-0.2, -0.15) is 0 Å². The lowest BCUT2D eigenvalue weighted by Gasteiger charge is -2.19. The minimum Gasteiger partial charge on any atom is -0.271 e. The summed E-state index contributed by atoms with van der Waals surface area (Å²) >= 11 is 3.42. The minimum absolute atomic E-state index is 0.169. The first-order chi connectivity index (χ1) is 9.51. The molecule has 2 nitrogen and oxygen atoms in total. The molecule has 0 radical (unpaired) electrons. The molecule has 0 amide bonds. The van der Waals surface area contributed by atoms with Gasteiger partial charge < -0.3 is 0 Å². The van der Waals surface area contributed by atoms with Crippen molar-refractivity contribution in [3.05, 3.63) is 69.2 Å². The summed E-state index contributed by atoms with van der Waals surface area (Å²) in [6.07, 6.45) is 0.477. The molecular weight excluding hydrogens is 326 g/mol. The van der Waals surface area contributed by atoms with Crippen LogP contribution in [0.1, 0.15) is 22.7 Å². The summed E-state index contributed by atoms with van der Waals surface area (Å²) < 4.78 is 27.1. The summed E-state index contributed by atoms with van der Waals surface area (Å²) in [5.41, 5.74) is 5.52. The van der Waals surface area contributed by atoms with Crippen LogP contribution in [-0.4, -0.2) is 0 Å². The molecule has 0 saturated carbocycles. The van der Waals surface area contributed by atoms with Gasteiger partial charge >= 0.3 is 0 Å². The Morgan fingerprint density at radius 1 is 1.15 bits per heavy atom. The zero-order chi connectivity index (χ0) is 14.7. The number of hydrogen-bond acceptors (Lipinski definition) is 2. The highest BCUT2D eigenvalue weighted by atomic mass is 79.9. The van der Waals surface area contributed by atoms with Crippen molar-refractivity contribution in [2.24, 2.45) is 5.84 Å². The molecule has 2 aromatic rings. The van der Waals surface area contributed by atoms with Crippen LogP contribution >= 0.6 is 15.9 Å². The van der Waals surface area contributed by atoms with Crippen LogP contribution in [0.2, 0.25) is 0 Å². The first-order valence-corrected chi connectivity index (χ1v) is 6.96. The summed E-state index contributed by atoms with van der Waals surface area (Å²) in [4.78, 5) is 0. The molecule has 2 aromatic carbocycles. The Labute approximate surface area is 125 Å². The number of rotatable bonds is 4. The number of hydrazine groups is 1. The van der Waals surface area contributed by atoms with E-state index >= 15 is 0 Å². The zero-order valence-corrected chi connectivity index (χ0v) is 12.5. The number of halogens is 3. The van der Waals surface area contributed by atoms with E-state index in [9.17, 15) is 8.78 Å². The van der Waals surface area contributed by atoms with E-state index in [4.69, 9.17) is 5.84 Å². The molecule has 0 aromatic heterocycles. The van der Waals surface area contributed by atoms with E-state index in [0.29, 0.717) is 12.0 Å². The second-order valence-electron chi connectivity index (χ2n) is 4.67. The fraction of sp³-hybridized carbons (Fsp3) is 0.200. The quantitative estimate of drug-likeness (QED) is 0.656. The van der Waals surface area contributed by atoms with Gasteiger partial charge in [-0.25, -0.2) is 8.78 Å². The first kappa shape index (κ1) is 15.1. The number of aryl methyl sites for hydroxylation is 1. The van der Waals surface area contributed by atoms with Crippen molar-refractivity contribution >= 4 is 15.9 Å². The average molecular weight is 341 g/mol. The molecule has 0 bridgehead atoms. The molecular formula is C15H15BrF2N2. The van der Waals surface area contributed by atoms with Gasteiger partial charge in [0.25, 0.3) is 0 Å². The SMILES string of the molecule is Cc1ccc(Br)cc1C(Cc1ccc(F)c(F)c1)NN. The lowest BCUT2D eigenvalue weighted by Crippen LogP contribution is -2.30. The lowest BCUT2D eigenvalue weighted by molar-refractivity contribution is 0.502. The van der Waals surface area contributed by atoms with Crippen LogP contribution < -0.4 is 11.3 Å². The molecule has 0 saturated heterocycles. The van der Waals surface area contributed by atoms with E-state index in [1.54, 1.807) is 6.07 Å².